The minimum atomic E-state index is -1.06. The van der Waals surface area contributed by atoms with Crippen LogP contribution in [0.2, 0.25) is 0 Å². The number of benzene rings is 2. The summed E-state index contributed by atoms with van der Waals surface area (Å²) in [5.74, 6) is -1.79. The summed E-state index contributed by atoms with van der Waals surface area (Å²) in [6, 6.07) is 12.3. The van der Waals surface area contributed by atoms with Crippen molar-refractivity contribution >= 4 is 17.9 Å². The number of rotatable bonds is 6. The van der Waals surface area contributed by atoms with E-state index in [1.54, 1.807) is 30.3 Å². The van der Waals surface area contributed by atoms with Crippen LogP contribution in [0, 0.1) is 0 Å². The predicted octanol–water partition coefficient (Wildman–Crippen LogP) is 2.63. The van der Waals surface area contributed by atoms with Gasteiger partial charge in [-0.05, 0) is 35.4 Å². The summed E-state index contributed by atoms with van der Waals surface area (Å²) in [5.41, 5.74) is 2.14. The Labute approximate surface area is 145 Å². The van der Waals surface area contributed by atoms with Crippen LogP contribution < -0.4 is 14.4 Å². The van der Waals surface area contributed by atoms with E-state index < -0.39 is 17.8 Å². The van der Waals surface area contributed by atoms with Crippen LogP contribution in [0.1, 0.15) is 23.0 Å². The molecule has 1 N–H and O–H groups in total. The van der Waals surface area contributed by atoms with Gasteiger partial charge in [0.1, 0.15) is 6.29 Å². The molecule has 0 saturated carbocycles. The number of carbonyl (C=O) groups excluding carboxylic acids is 1. The van der Waals surface area contributed by atoms with Crippen LogP contribution in [-0.2, 0) is 9.59 Å². The lowest BCUT2D eigenvalue weighted by Crippen LogP contribution is -2.21. The zero-order valence-corrected chi connectivity index (χ0v) is 14.0. The van der Waals surface area contributed by atoms with Crippen molar-refractivity contribution in [2.75, 3.05) is 25.8 Å². The van der Waals surface area contributed by atoms with Crippen molar-refractivity contribution in [3.05, 3.63) is 53.6 Å². The quantitative estimate of drug-likeness (QED) is 0.814. The second-order valence-electron chi connectivity index (χ2n) is 6.08. The Kier molecular flexibility index (Phi) is 4.61. The Morgan fingerprint density at radius 2 is 1.72 bits per heavy atom. The molecule has 0 aromatic heterocycles. The van der Waals surface area contributed by atoms with Crippen LogP contribution in [-0.4, -0.2) is 38.3 Å². The van der Waals surface area contributed by atoms with Crippen LogP contribution in [0.4, 0.5) is 5.69 Å². The van der Waals surface area contributed by atoms with Gasteiger partial charge in [0.15, 0.2) is 11.5 Å². The van der Waals surface area contributed by atoms with Gasteiger partial charge < -0.3 is 24.3 Å². The maximum atomic E-state index is 11.9. The van der Waals surface area contributed by atoms with Gasteiger partial charge in [0.05, 0.1) is 11.8 Å². The predicted molar refractivity (Wildman–Crippen MR) is 92.5 cm³/mol. The van der Waals surface area contributed by atoms with Gasteiger partial charge in [-0.3, -0.25) is 4.79 Å². The molecule has 25 heavy (non-hydrogen) atoms. The van der Waals surface area contributed by atoms with E-state index in [0.717, 1.165) is 5.69 Å². The number of hydrogen-bond acceptors (Lipinski definition) is 5. The van der Waals surface area contributed by atoms with Crippen molar-refractivity contribution in [3.63, 3.8) is 0 Å². The molecular formula is C19H19NO5. The van der Waals surface area contributed by atoms with Gasteiger partial charge in [-0.15, -0.1) is 0 Å². The van der Waals surface area contributed by atoms with Gasteiger partial charge in [0.25, 0.3) is 0 Å². The number of ether oxygens (including phenoxy) is 2. The molecule has 0 saturated heterocycles. The summed E-state index contributed by atoms with van der Waals surface area (Å²) in [7, 11) is 3.83. The van der Waals surface area contributed by atoms with Crippen LogP contribution in [0.15, 0.2) is 42.5 Å². The smallest absolute Gasteiger partial charge is 0.312 e. The molecular weight excluding hydrogens is 322 g/mol. The molecule has 3 rings (SSSR count). The van der Waals surface area contributed by atoms with E-state index in [9.17, 15) is 14.7 Å². The third-order valence-corrected chi connectivity index (χ3v) is 4.32. The van der Waals surface area contributed by atoms with Gasteiger partial charge in [0, 0.05) is 19.8 Å². The first-order valence-corrected chi connectivity index (χ1v) is 7.86. The third kappa shape index (κ3) is 3.28. The molecule has 1 aliphatic rings. The van der Waals surface area contributed by atoms with Crippen molar-refractivity contribution in [1.29, 1.82) is 0 Å². The van der Waals surface area contributed by atoms with Crippen molar-refractivity contribution in [1.82, 2.24) is 0 Å². The number of carboxylic acid groups (broad SMARTS) is 1. The normalized spacial score (nSPS) is 14.6. The molecule has 0 bridgehead atoms. The van der Waals surface area contributed by atoms with E-state index in [-0.39, 0.29) is 6.79 Å². The highest BCUT2D eigenvalue weighted by Crippen LogP contribution is 2.39. The maximum Gasteiger partial charge on any atom is 0.312 e. The number of fused-ring (bicyclic) bond motifs is 1. The molecule has 6 nitrogen and oxygen atoms in total. The number of aldehydes is 1. The number of aliphatic carboxylic acids is 1. The van der Waals surface area contributed by atoms with E-state index >= 15 is 0 Å². The number of anilines is 1. The van der Waals surface area contributed by atoms with Crippen molar-refractivity contribution in [2.45, 2.75) is 11.8 Å². The highest BCUT2D eigenvalue weighted by Gasteiger charge is 2.32. The van der Waals surface area contributed by atoms with Gasteiger partial charge in [-0.1, -0.05) is 18.2 Å². The Balaban J connectivity index is 1.97. The Morgan fingerprint density at radius 3 is 2.32 bits per heavy atom. The average Bonchev–Trinajstić information content (AvgIpc) is 3.07. The molecule has 0 fully saturated rings. The van der Waals surface area contributed by atoms with Crippen molar-refractivity contribution in [3.8, 4) is 11.5 Å². The highest BCUT2D eigenvalue weighted by atomic mass is 16.7. The van der Waals surface area contributed by atoms with E-state index in [0.29, 0.717) is 28.9 Å². The molecule has 1 aliphatic heterocycles. The summed E-state index contributed by atoms with van der Waals surface area (Å²) in [4.78, 5) is 25.6. The summed E-state index contributed by atoms with van der Waals surface area (Å²) >= 11 is 0. The molecule has 6 heteroatoms. The number of hydrogen-bond donors (Lipinski definition) is 1. The van der Waals surface area contributed by atoms with Gasteiger partial charge >= 0.3 is 5.97 Å². The zero-order valence-electron chi connectivity index (χ0n) is 14.0. The molecule has 1 heterocycles. The SMILES string of the molecule is CN(C)c1ccc(C(C=O)C(C(=O)O)c2ccc3c(c2)OCO3)cc1. The molecule has 2 aromatic carbocycles. The molecule has 0 spiro atoms. The fourth-order valence-electron chi connectivity index (χ4n) is 2.95. The molecule has 2 atom stereocenters. The van der Waals surface area contributed by atoms with E-state index in [1.807, 2.05) is 31.1 Å². The van der Waals surface area contributed by atoms with Crippen molar-refractivity contribution in [2.24, 2.45) is 0 Å². The van der Waals surface area contributed by atoms with Crippen LogP contribution >= 0.6 is 0 Å². The lowest BCUT2D eigenvalue weighted by atomic mass is 9.82. The van der Waals surface area contributed by atoms with E-state index in [1.165, 1.54) is 0 Å². The lowest BCUT2D eigenvalue weighted by molar-refractivity contribution is -0.140. The first-order valence-electron chi connectivity index (χ1n) is 7.86. The Morgan fingerprint density at radius 1 is 1.08 bits per heavy atom. The second-order valence-corrected chi connectivity index (χ2v) is 6.08. The average molecular weight is 341 g/mol. The standard InChI is InChI=1S/C19H19NO5/c1-20(2)14-6-3-12(4-7-14)15(10-21)18(19(22)23)13-5-8-16-17(9-13)25-11-24-16/h3-10,15,18H,11H2,1-2H3,(H,22,23). The fourth-order valence-corrected chi connectivity index (χ4v) is 2.95. The summed E-state index contributed by atoms with van der Waals surface area (Å²) in [6.07, 6.45) is 0.689. The lowest BCUT2D eigenvalue weighted by Gasteiger charge is -2.21. The van der Waals surface area contributed by atoms with Gasteiger partial charge in [-0.25, -0.2) is 0 Å². The highest BCUT2D eigenvalue weighted by molar-refractivity contribution is 5.84. The topological polar surface area (TPSA) is 76.1 Å². The minimum Gasteiger partial charge on any atom is -0.481 e. The molecule has 2 unspecified atom stereocenters. The van der Waals surface area contributed by atoms with Crippen LogP contribution in [0.25, 0.3) is 0 Å². The molecule has 130 valence electrons. The zero-order chi connectivity index (χ0) is 18.0. The summed E-state index contributed by atoms with van der Waals surface area (Å²) in [6.45, 7) is 0.111. The second kappa shape index (κ2) is 6.84. The summed E-state index contributed by atoms with van der Waals surface area (Å²) < 4.78 is 10.6. The van der Waals surface area contributed by atoms with Gasteiger partial charge in [-0.2, -0.15) is 0 Å². The van der Waals surface area contributed by atoms with Gasteiger partial charge in [0.2, 0.25) is 6.79 Å². The first-order chi connectivity index (χ1) is 12.0. The third-order valence-electron chi connectivity index (χ3n) is 4.32. The first kappa shape index (κ1) is 16.8. The molecule has 0 radical (unpaired) electrons. The van der Waals surface area contributed by atoms with Crippen LogP contribution in [0.5, 0.6) is 11.5 Å². The maximum absolute atomic E-state index is 11.9. The Hall–Kier alpha value is -3.02. The molecule has 0 aliphatic carbocycles. The van der Waals surface area contributed by atoms with Crippen molar-refractivity contribution < 1.29 is 24.2 Å². The van der Waals surface area contributed by atoms with E-state index in [2.05, 4.69) is 0 Å². The fraction of sp³-hybridized carbons (Fsp3) is 0.263. The number of carboxylic acids is 1. The number of carbonyl (C=O) groups is 2. The monoisotopic (exact) mass is 341 g/mol. The molecule has 0 amide bonds. The minimum absolute atomic E-state index is 0.111. The molecule has 2 aromatic rings. The summed E-state index contributed by atoms with van der Waals surface area (Å²) in [5, 5.41) is 9.74. The van der Waals surface area contributed by atoms with Crippen LogP contribution in [0.3, 0.4) is 0 Å². The van der Waals surface area contributed by atoms with E-state index in [4.69, 9.17) is 9.47 Å². The Bertz CT molecular complexity index is 785. The number of nitrogens with zero attached hydrogens (tertiary/aromatic N) is 1. The largest absolute Gasteiger partial charge is 0.481 e.